The third-order valence-electron chi connectivity index (χ3n) is 2.57. The molecule has 0 aromatic carbocycles. The Morgan fingerprint density at radius 3 is 2.58 bits per heavy atom. The van der Waals surface area contributed by atoms with Crippen LogP contribution >= 0.6 is 0 Å². The summed E-state index contributed by atoms with van der Waals surface area (Å²) in [6.45, 7) is 4.62. The Bertz CT molecular complexity index is 196. The van der Waals surface area contributed by atoms with E-state index in [9.17, 15) is 0 Å². The molecular weight excluding hydrogens is 144 g/mol. The normalized spacial score (nSPS) is 38.5. The monoisotopic (exact) mass is 162 g/mol. The fourth-order valence-electron chi connectivity index (χ4n) is 1.35. The second-order valence-electron chi connectivity index (χ2n) is 3.61. The van der Waals surface area contributed by atoms with E-state index in [0.717, 1.165) is 5.92 Å². The molecule has 0 N–H and O–H groups in total. The Labute approximate surface area is 75.7 Å². The van der Waals surface area contributed by atoms with Crippen LogP contribution < -0.4 is 0 Å². The molecule has 0 fully saturated rings. The Kier molecular flexibility index (Phi) is 3.86. The SMILES string of the molecule is C[C@H]1\C=C/C=C\C=C\CC[C@@H]1C. The largest absolute Gasteiger partial charge is 0.0845 e. The van der Waals surface area contributed by atoms with E-state index in [4.69, 9.17) is 0 Å². The van der Waals surface area contributed by atoms with Crippen LogP contribution in [0.5, 0.6) is 0 Å². The van der Waals surface area contributed by atoms with Gasteiger partial charge in [-0.15, -0.1) is 0 Å². The summed E-state index contributed by atoms with van der Waals surface area (Å²) < 4.78 is 0. The fourth-order valence-corrected chi connectivity index (χ4v) is 1.35. The van der Waals surface area contributed by atoms with Crippen molar-refractivity contribution in [2.24, 2.45) is 11.8 Å². The zero-order valence-corrected chi connectivity index (χ0v) is 8.03. The van der Waals surface area contributed by atoms with Gasteiger partial charge in [0.15, 0.2) is 0 Å². The summed E-state index contributed by atoms with van der Waals surface area (Å²) in [5, 5.41) is 0. The Morgan fingerprint density at radius 2 is 1.75 bits per heavy atom. The van der Waals surface area contributed by atoms with Crippen LogP contribution in [0.15, 0.2) is 36.5 Å². The van der Waals surface area contributed by atoms with E-state index in [0.29, 0.717) is 5.92 Å². The molecule has 0 heteroatoms. The number of hydrogen-bond donors (Lipinski definition) is 0. The summed E-state index contributed by atoms with van der Waals surface area (Å²) in [7, 11) is 0. The van der Waals surface area contributed by atoms with Crippen LogP contribution in [-0.4, -0.2) is 0 Å². The molecule has 0 unspecified atom stereocenters. The maximum absolute atomic E-state index is 2.33. The Hall–Kier alpha value is -0.780. The van der Waals surface area contributed by atoms with Gasteiger partial charge in [-0.2, -0.15) is 0 Å². The lowest BCUT2D eigenvalue weighted by atomic mass is 9.91. The quantitative estimate of drug-likeness (QED) is 0.509. The van der Waals surface area contributed by atoms with Crippen molar-refractivity contribution in [1.82, 2.24) is 0 Å². The summed E-state index contributed by atoms with van der Waals surface area (Å²) in [6, 6.07) is 0. The van der Waals surface area contributed by atoms with Crippen molar-refractivity contribution < 1.29 is 0 Å². The van der Waals surface area contributed by atoms with Crippen LogP contribution in [0.25, 0.3) is 0 Å². The van der Waals surface area contributed by atoms with Gasteiger partial charge in [-0.25, -0.2) is 0 Å². The molecule has 12 heavy (non-hydrogen) atoms. The third-order valence-corrected chi connectivity index (χ3v) is 2.57. The highest BCUT2D eigenvalue weighted by Crippen LogP contribution is 2.18. The Morgan fingerprint density at radius 1 is 1.00 bits per heavy atom. The van der Waals surface area contributed by atoms with Crippen LogP contribution in [0.2, 0.25) is 0 Å². The number of allylic oxidation sites excluding steroid dienone is 6. The third kappa shape index (κ3) is 3.08. The van der Waals surface area contributed by atoms with Gasteiger partial charge in [-0.05, 0) is 24.7 Å². The molecule has 2 atom stereocenters. The van der Waals surface area contributed by atoms with Crippen molar-refractivity contribution in [1.29, 1.82) is 0 Å². The average Bonchev–Trinajstić information content (AvgIpc) is 2.08. The second-order valence-corrected chi connectivity index (χ2v) is 3.61. The van der Waals surface area contributed by atoms with Crippen molar-refractivity contribution in [2.75, 3.05) is 0 Å². The molecule has 0 aromatic rings. The van der Waals surface area contributed by atoms with Gasteiger partial charge in [-0.1, -0.05) is 50.3 Å². The molecule has 0 nitrogen and oxygen atoms in total. The van der Waals surface area contributed by atoms with Crippen LogP contribution in [0, 0.1) is 11.8 Å². The first kappa shape index (κ1) is 9.31. The lowest BCUT2D eigenvalue weighted by Crippen LogP contribution is -2.04. The number of hydrogen-bond acceptors (Lipinski definition) is 0. The van der Waals surface area contributed by atoms with Crippen molar-refractivity contribution >= 4 is 0 Å². The minimum atomic E-state index is 0.709. The molecule has 1 aliphatic rings. The van der Waals surface area contributed by atoms with Gasteiger partial charge >= 0.3 is 0 Å². The smallest absolute Gasteiger partial charge is 0.0233 e. The minimum Gasteiger partial charge on any atom is -0.0845 e. The van der Waals surface area contributed by atoms with Gasteiger partial charge in [0.25, 0.3) is 0 Å². The van der Waals surface area contributed by atoms with Gasteiger partial charge in [0.05, 0.1) is 0 Å². The molecule has 0 radical (unpaired) electrons. The van der Waals surface area contributed by atoms with Gasteiger partial charge in [0.2, 0.25) is 0 Å². The topological polar surface area (TPSA) is 0 Å². The zero-order valence-electron chi connectivity index (χ0n) is 8.03. The summed E-state index contributed by atoms with van der Waals surface area (Å²) in [5.74, 6) is 1.51. The summed E-state index contributed by atoms with van der Waals surface area (Å²) in [5.41, 5.74) is 0. The van der Waals surface area contributed by atoms with E-state index < -0.39 is 0 Å². The summed E-state index contributed by atoms with van der Waals surface area (Å²) in [6.07, 6.45) is 15.5. The van der Waals surface area contributed by atoms with Gasteiger partial charge in [0, 0.05) is 0 Å². The van der Waals surface area contributed by atoms with E-state index in [1.54, 1.807) is 0 Å². The van der Waals surface area contributed by atoms with Crippen LogP contribution in [0.4, 0.5) is 0 Å². The minimum absolute atomic E-state index is 0.709. The molecule has 0 saturated heterocycles. The van der Waals surface area contributed by atoms with E-state index in [2.05, 4.69) is 50.3 Å². The van der Waals surface area contributed by atoms with E-state index >= 15 is 0 Å². The lowest BCUT2D eigenvalue weighted by Gasteiger charge is -2.15. The summed E-state index contributed by atoms with van der Waals surface area (Å²) >= 11 is 0. The van der Waals surface area contributed by atoms with Crippen LogP contribution in [0.1, 0.15) is 26.7 Å². The van der Waals surface area contributed by atoms with Gasteiger partial charge in [-0.3, -0.25) is 0 Å². The highest BCUT2D eigenvalue weighted by molar-refractivity contribution is 5.12. The standard InChI is InChI=1S/C12H18/c1-11-9-7-5-3-4-6-8-10-12(11)2/h3-7,9,11-12H,8,10H2,1-2H3/b5-3-,6-4+,9-7-/t11-,12-/m0/s1. The molecule has 0 bridgehead atoms. The van der Waals surface area contributed by atoms with Crippen molar-refractivity contribution in [3.8, 4) is 0 Å². The highest BCUT2D eigenvalue weighted by atomic mass is 14.1. The van der Waals surface area contributed by atoms with E-state index in [-0.39, 0.29) is 0 Å². The first-order chi connectivity index (χ1) is 5.80. The molecule has 66 valence electrons. The second kappa shape index (κ2) is 4.97. The average molecular weight is 162 g/mol. The molecule has 0 amide bonds. The highest BCUT2D eigenvalue weighted by Gasteiger charge is 2.07. The van der Waals surface area contributed by atoms with Gasteiger partial charge in [0.1, 0.15) is 0 Å². The lowest BCUT2D eigenvalue weighted by molar-refractivity contribution is 0.431. The molecule has 0 spiro atoms. The fraction of sp³-hybridized carbons (Fsp3) is 0.500. The van der Waals surface area contributed by atoms with Crippen LogP contribution in [-0.2, 0) is 0 Å². The van der Waals surface area contributed by atoms with E-state index in [1.807, 2.05) is 0 Å². The van der Waals surface area contributed by atoms with Gasteiger partial charge < -0.3 is 0 Å². The van der Waals surface area contributed by atoms with Crippen molar-refractivity contribution in [3.05, 3.63) is 36.5 Å². The Balaban J connectivity index is 2.60. The van der Waals surface area contributed by atoms with Crippen molar-refractivity contribution in [3.63, 3.8) is 0 Å². The summed E-state index contributed by atoms with van der Waals surface area (Å²) in [4.78, 5) is 0. The molecule has 0 heterocycles. The maximum Gasteiger partial charge on any atom is -0.0233 e. The predicted octanol–water partition coefficient (Wildman–Crippen LogP) is 3.72. The molecule has 0 aromatic heterocycles. The molecule has 1 aliphatic carbocycles. The number of rotatable bonds is 0. The zero-order chi connectivity index (χ0) is 8.81. The van der Waals surface area contributed by atoms with Crippen LogP contribution in [0.3, 0.4) is 0 Å². The molecule has 1 rings (SSSR count). The molecular formula is C12H18. The first-order valence-corrected chi connectivity index (χ1v) is 4.80. The molecule has 0 aliphatic heterocycles. The predicted molar refractivity (Wildman–Crippen MR) is 55.0 cm³/mol. The molecule has 0 saturated carbocycles. The first-order valence-electron chi connectivity index (χ1n) is 4.80. The maximum atomic E-state index is 2.33. The van der Waals surface area contributed by atoms with Crippen molar-refractivity contribution in [2.45, 2.75) is 26.7 Å². The van der Waals surface area contributed by atoms with E-state index in [1.165, 1.54) is 12.8 Å².